The molecule has 1 aromatic carbocycles. The fourth-order valence-electron chi connectivity index (χ4n) is 1.59. The molecule has 88 valence electrons. The molecule has 0 aliphatic heterocycles. The van der Waals surface area contributed by atoms with Gasteiger partial charge in [-0.15, -0.1) is 0 Å². The van der Waals surface area contributed by atoms with E-state index in [4.69, 9.17) is 5.73 Å². The third kappa shape index (κ3) is 3.74. The summed E-state index contributed by atoms with van der Waals surface area (Å²) in [6.45, 7) is 4.33. The van der Waals surface area contributed by atoms with E-state index < -0.39 is 0 Å². The molecule has 1 rings (SSSR count). The van der Waals surface area contributed by atoms with Crippen molar-refractivity contribution in [3.05, 3.63) is 35.1 Å². The number of aryl methyl sites for hydroxylation is 1. The number of Topliss-reactive ketones (excluding diaryl/α,β-unsaturated/α-hetero) is 1. The quantitative estimate of drug-likeness (QED) is 0.831. The van der Waals surface area contributed by atoms with Crippen molar-refractivity contribution in [3.63, 3.8) is 0 Å². The van der Waals surface area contributed by atoms with Gasteiger partial charge in [-0.1, -0.05) is 13.0 Å². The summed E-state index contributed by atoms with van der Waals surface area (Å²) in [5.74, 6) is 0.0216. The topological polar surface area (TPSA) is 43.1 Å². The first-order chi connectivity index (χ1) is 7.52. The standard InChI is InChI=1S/C13H18FNO/c1-9(8-15)5-13(16)7-11-6-12(14)4-3-10(11)2/h3-4,6,9H,5,7-8,15H2,1-2H3. The summed E-state index contributed by atoms with van der Waals surface area (Å²) >= 11 is 0. The number of ketones is 1. The van der Waals surface area contributed by atoms with E-state index in [1.54, 1.807) is 6.07 Å². The molecule has 0 fully saturated rings. The molecule has 0 aromatic heterocycles. The molecule has 2 N–H and O–H groups in total. The van der Waals surface area contributed by atoms with Gasteiger partial charge in [-0.3, -0.25) is 4.79 Å². The van der Waals surface area contributed by atoms with Crippen molar-refractivity contribution in [1.29, 1.82) is 0 Å². The van der Waals surface area contributed by atoms with Crippen LogP contribution in [0.2, 0.25) is 0 Å². The van der Waals surface area contributed by atoms with Gasteiger partial charge in [-0.25, -0.2) is 4.39 Å². The predicted molar refractivity (Wildman–Crippen MR) is 62.7 cm³/mol. The van der Waals surface area contributed by atoms with E-state index in [0.29, 0.717) is 19.4 Å². The molecule has 0 radical (unpaired) electrons. The van der Waals surface area contributed by atoms with Crippen molar-refractivity contribution in [3.8, 4) is 0 Å². The third-order valence-electron chi connectivity index (χ3n) is 2.68. The van der Waals surface area contributed by atoms with Crippen molar-refractivity contribution < 1.29 is 9.18 Å². The van der Waals surface area contributed by atoms with Crippen LogP contribution in [0.5, 0.6) is 0 Å². The van der Waals surface area contributed by atoms with Crippen LogP contribution in [0.1, 0.15) is 24.5 Å². The van der Waals surface area contributed by atoms with Crippen LogP contribution in [-0.2, 0) is 11.2 Å². The minimum Gasteiger partial charge on any atom is -0.330 e. The summed E-state index contributed by atoms with van der Waals surface area (Å²) < 4.78 is 13.0. The molecule has 0 heterocycles. The molecule has 0 spiro atoms. The van der Waals surface area contributed by atoms with Gasteiger partial charge < -0.3 is 5.73 Å². The monoisotopic (exact) mass is 223 g/mol. The summed E-state index contributed by atoms with van der Waals surface area (Å²) in [6, 6.07) is 4.54. The second kappa shape index (κ2) is 5.75. The lowest BCUT2D eigenvalue weighted by molar-refractivity contribution is -0.119. The lowest BCUT2D eigenvalue weighted by Gasteiger charge is -2.08. The summed E-state index contributed by atoms with van der Waals surface area (Å²) in [6.07, 6.45) is 0.764. The molecular weight excluding hydrogens is 205 g/mol. The Morgan fingerprint density at radius 1 is 1.50 bits per heavy atom. The largest absolute Gasteiger partial charge is 0.330 e. The van der Waals surface area contributed by atoms with Gasteiger partial charge >= 0.3 is 0 Å². The maximum absolute atomic E-state index is 13.0. The molecule has 1 unspecified atom stereocenters. The maximum Gasteiger partial charge on any atom is 0.137 e. The van der Waals surface area contributed by atoms with Crippen LogP contribution in [-0.4, -0.2) is 12.3 Å². The van der Waals surface area contributed by atoms with Crippen LogP contribution in [0.25, 0.3) is 0 Å². The van der Waals surface area contributed by atoms with Gasteiger partial charge in [-0.2, -0.15) is 0 Å². The van der Waals surface area contributed by atoms with Crippen molar-refractivity contribution in [2.75, 3.05) is 6.54 Å². The van der Waals surface area contributed by atoms with Crippen LogP contribution in [0.4, 0.5) is 4.39 Å². The first-order valence-electron chi connectivity index (χ1n) is 5.49. The molecule has 0 bridgehead atoms. The number of carbonyl (C=O) groups is 1. The average molecular weight is 223 g/mol. The SMILES string of the molecule is Cc1ccc(F)cc1CC(=O)CC(C)CN. The fraction of sp³-hybridized carbons (Fsp3) is 0.462. The number of benzene rings is 1. The molecule has 0 aliphatic carbocycles. The Labute approximate surface area is 95.7 Å². The maximum atomic E-state index is 13.0. The van der Waals surface area contributed by atoms with E-state index in [-0.39, 0.29) is 17.5 Å². The Bertz CT molecular complexity index is 376. The minimum atomic E-state index is -0.291. The van der Waals surface area contributed by atoms with E-state index in [1.165, 1.54) is 12.1 Å². The first-order valence-corrected chi connectivity index (χ1v) is 5.49. The van der Waals surface area contributed by atoms with Gasteiger partial charge in [0.15, 0.2) is 0 Å². The van der Waals surface area contributed by atoms with Crippen LogP contribution in [0.15, 0.2) is 18.2 Å². The van der Waals surface area contributed by atoms with Crippen molar-refractivity contribution in [2.45, 2.75) is 26.7 Å². The molecule has 3 heteroatoms. The highest BCUT2D eigenvalue weighted by atomic mass is 19.1. The number of hydrogen-bond acceptors (Lipinski definition) is 2. The van der Waals surface area contributed by atoms with Gasteiger partial charge in [0, 0.05) is 12.8 Å². The van der Waals surface area contributed by atoms with Crippen molar-refractivity contribution >= 4 is 5.78 Å². The molecule has 0 saturated carbocycles. The lowest BCUT2D eigenvalue weighted by atomic mass is 9.97. The van der Waals surface area contributed by atoms with Crippen molar-refractivity contribution in [1.82, 2.24) is 0 Å². The number of rotatable bonds is 5. The van der Waals surface area contributed by atoms with E-state index in [1.807, 2.05) is 13.8 Å². The summed E-state index contributed by atoms with van der Waals surface area (Å²) in [5.41, 5.74) is 7.18. The van der Waals surface area contributed by atoms with Crippen molar-refractivity contribution in [2.24, 2.45) is 11.7 Å². The molecular formula is C13H18FNO. The highest BCUT2D eigenvalue weighted by molar-refractivity contribution is 5.81. The molecule has 1 aromatic rings. The highest BCUT2D eigenvalue weighted by Gasteiger charge is 2.10. The van der Waals surface area contributed by atoms with E-state index in [9.17, 15) is 9.18 Å². The zero-order chi connectivity index (χ0) is 12.1. The zero-order valence-corrected chi connectivity index (χ0v) is 9.79. The fourth-order valence-corrected chi connectivity index (χ4v) is 1.59. The molecule has 1 atom stereocenters. The highest BCUT2D eigenvalue weighted by Crippen LogP contribution is 2.13. The van der Waals surface area contributed by atoms with Crippen LogP contribution < -0.4 is 5.73 Å². The van der Waals surface area contributed by atoms with Gasteiger partial charge in [0.1, 0.15) is 11.6 Å². The molecule has 0 aliphatic rings. The molecule has 2 nitrogen and oxygen atoms in total. The summed E-state index contributed by atoms with van der Waals surface area (Å²) in [4.78, 5) is 11.7. The van der Waals surface area contributed by atoms with Gasteiger partial charge in [0.2, 0.25) is 0 Å². The molecule has 16 heavy (non-hydrogen) atoms. The van der Waals surface area contributed by atoms with Gasteiger partial charge in [-0.05, 0) is 42.6 Å². The molecule has 0 amide bonds. The summed E-state index contributed by atoms with van der Waals surface area (Å²) in [5, 5.41) is 0. The normalized spacial score (nSPS) is 12.5. The smallest absolute Gasteiger partial charge is 0.137 e. The number of carbonyl (C=O) groups excluding carboxylic acids is 1. The molecule has 0 saturated heterocycles. The van der Waals surface area contributed by atoms with E-state index in [2.05, 4.69) is 0 Å². The summed E-state index contributed by atoms with van der Waals surface area (Å²) in [7, 11) is 0. The second-order valence-electron chi connectivity index (χ2n) is 4.33. The van der Waals surface area contributed by atoms with Crippen LogP contribution in [0.3, 0.4) is 0 Å². The predicted octanol–water partition coefficient (Wildman–Crippen LogP) is 2.23. The van der Waals surface area contributed by atoms with Crippen LogP contribution in [0, 0.1) is 18.7 Å². The third-order valence-corrected chi connectivity index (χ3v) is 2.68. The zero-order valence-electron chi connectivity index (χ0n) is 9.79. The first kappa shape index (κ1) is 12.8. The lowest BCUT2D eigenvalue weighted by Crippen LogP contribution is -2.16. The number of nitrogens with two attached hydrogens (primary N) is 1. The Kier molecular flexibility index (Phi) is 4.62. The number of halogens is 1. The van der Waals surface area contributed by atoms with Gasteiger partial charge in [0.05, 0.1) is 0 Å². The van der Waals surface area contributed by atoms with Gasteiger partial charge in [0.25, 0.3) is 0 Å². The minimum absolute atomic E-state index is 0.117. The Hall–Kier alpha value is -1.22. The Balaban J connectivity index is 2.65. The van der Waals surface area contributed by atoms with E-state index >= 15 is 0 Å². The average Bonchev–Trinajstić information content (AvgIpc) is 2.23. The van der Waals surface area contributed by atoms with E-state index in [0.717, 1.165) is 11.1 Å². The Morgan fingerprint density at radius 3 is 2.81 bits per heavy atom. The number of hydrogen-bond donors (Lipinski definition) is 1. The second-order valence-corrected chi connectivity index (χ2v) is 4.33. The van der Waals surface area contributed by atoms with Crippen LogP contribution >= 0.6 is 0 Å². The Morgan fingerprint density at radius 2 is 2.19 bits per heavy atom.